The second kappa shape index (κ2) is 7.09. The molecule has 0 bridgehead atoms. The van der Waals surface area contributed by atoms with Crippen molar-refractivity contribution in [1.82, 2.24) is 19.5 Å². The number of H-pyrrole nitrogens is 1. The van der Waals surface area contributed by atoms with Crippen molar-refractivity contribution >= 4 is 5.65 Å². The summed E-state index contributed by atoms with van der Waals surface area (Å²) in [6.45, 7) is 11.3. The van der Waals surface area contributed by atoms with Crippen LogP contribution in [0.5, 0.6) is 5.75 Å². The first-order valence-electron chi connectivity index (χ1n) is 9.94. The molecule has 0 radical (unpaired) electrons. The molecule has 1 N–H and O–H groups in total. The summed E-state index contributed by atoms with van der Waals surface area (Å²) in [4.78, 5) is 20.2. The van der Waals surface area contributed by atoms with Crippen LogP contribution in [0.4, 0.5) is 0 Å². The smallest absolute Gasteiger partial charge is 0.277 e. The summed E-state index contributed by atoms with van der Waals surface area (Å²) in [5, 5.41) is 3.25. The van der Waals surface area contributed by atoms with Crippen molar-refractivity contribution < 1.29 is 4.74 Å². The van der Waals surface area contributed by atoms with E-state index < -0.39 is 0 Å². The SMILES string of the molecule is CCOc1ccccc1CN1CCc2nc3cc(C(C)(C)C)[nH]n3c(=O)c2C1. The molecule has 0 aliphatic carbocycles. The summed E-state index contributed by atoms with van der Waals surface area (Å²) in [7, 11) is 0. The lowest BCUT2D eigenvalue weighted by Crippen LogP contribution is -2.36. The van der Waals surface area contributed by atoms with Crippen LogP contribution in [0.15, 0.2) is 35.1 Å². The fourth-order valence-electron chi connectivity index (χ4n) is 3.73. The van der Waals surface area contributed by atoms with Crippen molar-refractivity contribution in [1.29, 1.82) is 0 Å². The Morgan fingerprint density at radius 2 is 2.04 bits per heavy atom. The number of aromatic nitrogens is 3. The summed E-state index contributed by atoms with van der Waals surface area (Å²) in [6, 6.07) is 10.1. The van der Waals surface area contributed by atoms with Gasteiger partial charge in [0.1, 0.15) is 5.75 Å². The van der Waals surface area contributed by atoms with Gasteiger partial charge in [0.25, 0.3) is 5.56 Å². The van der Waals surface area contributed by atoms with Gasteiger partial charge in [-0.2, -0.15) is 0 Å². The lowest BCUT2D eigenvalue weighted by Gasteiger charge is -2.28. The first kappa shape index (κ1) is 18.7. The highest BCUT2D eigenvalue weighted by Crippen LogP contribution is 2.24. The van der Waals surface area contributed by atoms with E-state index in [1.54, 1.807) is 4.52 Å². The van der Waals surface area contributed by atoms with Gasteiger partial charge in [0.15, 0.2) is 5.65 Å². The fourth-order valence-corrected chi connectivity index (χ4v) is 3.73. The van der Waals surface area contributed by atoms with E-state index in [2.05, 4.69) is 36.8 Å². The zero-order valence-corrected chi connectivity index (χ0v) is 17.1. The molecule has 3 heterocycles. The van der Waals surface area contributed by atoms with E-state index in [1.165, 1.54) is 0 Å². The van der Waals surface area contributed by atoms with E-state index in [4.69, 9.17) is 9.72 Å². The van der Waals surface area contributed by atoms with Crippen LogP contribution in [0.25, 0.3) is 5.65 Å². The zero-order chi connectivity index (χ0) is 19.9. The van der Waals surface area contributed by atoms with Crippen molar-refractivity contribution in [3.8, 4) is 5.75 Å². The Kier molecular flexibility index (Phi) is 4.75. The maximum absolute atomic E-state index is 13.1. The monoisotopic (exact) mass is 380 g/mol. The van der Waals surface area contributed by atoms with Gasteiger partial charge in [-0.25, -0.2) is 9.50 Å². The average Bonchev–Trinajstić information content (AvgIpc) is 3.09. The van der Waals surface area contributed by atoms with Crippen molar-refractivity contribution in [2.75, 3.05) is 13.2 Å². The van der Waals surface area contributed by atoms with Gasteiger partial charge in [0.05, 0.1) is 17.9 Å². The average molecular weight is 380 g/mol. The number of para-hydroxylation sites is 1. The Labute approximate surface area is 165 Å². The Morgan fingerprint density at radius 1 is 1.25 bits per heavy atom. The summed E-state index contributed by atoms with van der Waals surface area (Å²) < 4.78 is 7.35. The first-order chi connectivity index (χ1) is 13.4. The van der Waals surface area contributed by atoms with E-state index in [0.29, 0.717) is 18.8 Å². The fraction of sp³-hybridized carbons (Fsp3) is 0.455. The van der Waals surface area contributed by atoms with E-state index in [9.17, 15) is 4.79 Å². The standard InChI is InChI=1S/C22H28N4O2/c1-5-28-18-9-7-6-8-15(18)13-25-11-10-17-16(14-25)21(27)26-20(23-17)12-19(24-26)22(2,3)4/h6-9,12,24H,5,10-11,13-14H2,1-4H3. The number of nitrogens with one attached hydrogen (secondary N) is 1. The number of hydrogen-bond donors (Lipinski definition) is 1. The van der Waals surface area contributed by atoms with Crippen molar-refractivity contribution in [3.05, 3.63) is 63.2 Å². The molecule has 2 aromatic heterocycles. The van der Waals surface area contributed by atoms with Gasteiger partial charge in [-0.05, 0) is 13.0 Å². The molecule has 4 rings (SSSR count). The quantitative estimate of drug-likeness (QED) is 0.755. The number of ether oxygens (including phenoxy) is 1. The molecular formula is C22H28N4O2. The molecule has 0 unspecified atom stereocenters. The molecule has 6 heteroatoms. The molecule has 28 heavy (non-hydrogen) atoms. The van der Waals surface area contributed by atoms with Crippen LogP contribution in [0.1, 0.15) is 50.2 Å². The van der Waals surface area contributed by atoms with Crippen LogP contribution in [0.2, 0.25) is 0 Å². The number of hydrogen-bond acceptors (Lipinski definition) is 4. The van der Waals surface area contributed by atoms with E-state index in [-0.39, 0.29) is 11.0 Å². The number of benzene rings is 1. The molecular weight excluding hydrogens is 352 g/mol. The highest BCUT2D eigenvalue weighted by molar-refractivity contribution is 5.44. The van der Waals surface area contributed by atoms with Gasteiger partial charge in [-0.1, -0.05) is 39.0 Å². The minimum Gasteiger partial charge on any atom is -0.494 e. The van der Waals surface area contributed by atoms with Crippen LogP contribution in [-0.2, 0) is 24.9 Å². The molecule has 0 saturated heterocycles. The Bertz CT molecular complexity index is 1060. The van der Waals surface area contributed by atoms with Gasteiger partial charge < -0.3 is 4.74 Å². The second-order valence-electron chi connectivity index (χ2n) is 8.46. The molecule has 0 atom stereocenters. The van der Waals surface area contributed by atoms with Crippen LogP contribution in [0, 0.1) is 0 Å². The lowest BCUT2D eigenvalue weighted by atomic mass is 9.93. The number of aromatic amines is 1. The molecule has 0 amide bonds. The van der Waals surface area contributed by atoms with E-state index >= 15 is 0 Å². The molecule has 6 nitrogen and oxygen atoms in total. The van der Waals surface area contributed by atoms with Gasteiger partial charge in [-0.3, -0.25) is 14.8 Å². The van der Waals surface area contributed by atoms with Crippen LogP contribution in [-0.4, -0.2) is 32.6 Å². The number of rotatable bonds is 4. The third-order valence-electron chi connectivity index (χ3n) is 5.31. The van der Waals surface area contributed by atoms with Crippen molar-refractivity contribution in [2.45, 2.75) is 52.6 Å². The second-order valence-corrected chi connectivity index (χ2v) is 8.46. The van der Waals surface area contributed by atoms with E-state index in [1.807, 2.05) is 31.2 Å². The normalized spacial score (nSPS) is 15.0. The number of nitrogens with zero attached hydrogens (tertiary/aromatic N) is 3. The first-order valence-corrected chi connectivity index (χ1v) is 9.94. The molecule has 0 saturated carbocycles. The third-order valence-corrected chi connectivity index (χ3v) is 5.31. The van der Waals surface area contributed by atoms with Gasteiger partial charge in [0, 0.05) is 48.8 Å². The van der Waals surface area contributed by atoms with Gasteiger partial charge in [0.2, 0.25) is 0 Å². The molecule has 3 aromatic rings. The molecule has 0 spiro atoms. The third kappa shape index (κ3) is 3.44. The molecule has 1 aliphatic rings. The highest BCUT2D eigenvalue weighted by Gasteiger charge is 2.24. The minimum absolute atomic E-state index is 0.0123. The minimum atomic E-state index is -0.0599. The topological polar surface area (TPSA) is 62.6 Å². The largest absolute Gasteiger partial charge is 0.494 e. The number of fused-ring (bicyclic) bond motifs is 2. The predicted molar refractivity (Wildman–Crippen MR) is 110 cm³/mol. The summed E-state index contributed by atoms with van der Waals surface area (Å²) >= 11 is 0. The predicted octanol–water partition coefficient (Wildman–Crippen LogP) is 3.28. The van der Waals surface area contributed by atoms with Crippen molar-refractivity contribution in [3.63, 3.8) is 0 Å². The van der Waals surface area contributed by atoms with Gasteiger partial charge in [-0.15, -0.1) is 0 Å². The van der Waals surface area contributed by atoms with Gasteiger partial charge >= 0.3 is 0 Å². The molecule has 1 aliphatic heterocycles. The zero-order valence-electron chi connectivity index (χ0n) is 17.1. The summed E-state index contributed by atoms with van der Waals surface area (Å²) in [5.41, 5.74) is 4.55. The Morgan fingerprint density at radius 3 is 2.79 bits per heavy atom. The van der Waals surface area contributed by atoms with Crippen LogP contribution >= 0.6 is 0 Å². The Balaban J connectivity index is 1.64. The Hall–Kier alpha value is -2.60. The lowest BCUT2D eigenvalue weighted by molar-refractivity contribution is 0.235. The van der Waals surface area contributed by atoms with Crippen LogP contribution < -0.4 is 10.3 Å². The van der Waals surface area contributed by atoms with Crippen molar-refractivity contribution in [2.24, 2.45) is 0 Å². The maximum atomic E-state index is 13.1. The molecule has 148 valence electrons. The molecule has 1 aromatic carbocycles. The van der Waals surface area contributed by atoms with Crippen LogP contribution in [0.3, 0.4) is 0 Å². The summed E-state index contributed by atoms with van der Waals surface area (Å²) in [5.74, 6) is 0.917. The van der Waals surface area contributed by atoms with E-state index in [0.717, 1.165) is 47.8 Å². The summed E-state index contributed by atoms with van der Waals surface area (Å²) in [6.07, 6.45) is 0.786. The maximum Gasteiger partial charge on any atom is 0.277 e. The highest BCUT2D eigenvalue weighted by atomic mass is 16.5. The molecule has 0 fully saturated rings.